The fourth-order valence-corrected chi connectivity index (χ4v) is 4.77. The molecule has 174 valence electrons. The molecule has 7 nitrogen and oxygen atoms in total. The summed E-state index contributed by atoms with van der Waals surface area (Å²) in [6.45, 7) is 7.02. The number of methoxy groups -OCH3 is 1. The summed E-state index contributed by atoms with van der Waals surface area (Å²) in [6, 6.07) is 3.96. The molecule has 4 rings (SSSR count). The van der Waals surface area contributed by atoms with Crippen LogP contribution in [0.5, 0.6) is 11.5 Å². The number of benzene rings is 1. The number of fused-ring (bicyclic) bond motifs is 1. The SMILES string of the molecule is COc1cc2c(cc1C=CC(=O)N1CCN(CC(=O)N3CCCCCC3)CC1)OC(C)C2. The second-order valence-electron chi connectivity index (χ2n) is 9.06. The van der Waals surface area contributed by atoms with Crippen LogP contribution in [0.2, 0.25) is 0 Å². The lowest BCUT2D eigenvalue weighted by Gasteiger charge is -2.35. The highest BCUT2D eigenvalue weighted by Gasteiger charge is 2.24. The lowest BCUT2D eigenvalue weighted by Crippen LogP contribution is -2.51. The molecule has 7 heteroatoms. The first-order valence-electron chi connectivity index (χ1n) is 11.9. The first-order valence-corrected chi connectivity index (χ1v) is 11.9. The molecule has 3 heterocycles. The molecule has 2 fully saturated rings. The number of hydrogen-bond acceptors (Lipinski definition) is 5. The summed E-state index contributed by atoms with van der Waals surface area (Å²) in [6.07, 6.45) is 9.13. The Bertz CT molecular complexity index is 853. The van der Waals surface area contributed by atoms with Crippen molar-refractivity contribution >= 4 is 17.9 Å². The number of piperazine rings is 1. The number of nitrogens with zero attached hydrogens (tertiary/aromatic N) is 3. The van der Waals surface area contributed by atoms with E-state index in [0.717, 1.165) is 68.1 Å². The Kier molecular flexibility index (Phi) is 7.35. The molecule has 0 N–H and O–H groups in total. The minimum atomic E-state index is -0.0136. The summed E-state index contributed by atoms with van der Waals surface area (Å²) in [5.41, 5.74) is 1.99. The number of ether oxygens (including phenoxy) is 2. The van der Waals surface area contributed by atoms with E-state index < -0.39 is 0 Å². The summed E-state index contributed by atoms with van der Waals surface area (Å²) in [5, 5.41) is 0. The summed E-state index contributed by atoms with van der Waals surface area (Å²) in [4.78, 5) is 31.4. The van der Waals surface area contributed by atoms with Crippen molar-refractivity contribution in [1.82, 2.24) is 14.7 Å². The molecule has 1 aromatic carbocycles. The first kappa shape index (κ1) is 22.6. The lowest BCUT2D eigenvalue weighted by molar-refractivity contribution is -0.133. The largest absolute Gasteiger partial charge is 0.496 e. The Balaban J connectivity index is 1.29. The topological polar surface area (TPSA) is 62.3 Å². The standard InChI is InChI=1S/C25H35N3O4/c1-19-15-21-17-22(31-2)20(16-23(21)32-19)7-8-24(29)28-13-11-26(12-14-28)18-25(30)27-9-5-3-4-6-10-27/h7-8,16-17,19H,3-6,9-15,18H2,1-2H3. The van der Waals surface area contributed by atoms with Gasteiger partial charge < -0.3 is 19.3 Å². The van der Waals surface area contributed by atoms with Gasteiger partial charge >= 0.3 is 0 Å². The zero-order valence-corrected chi connectivity index (χ0v) is 19.3. The van der Waals surface area contributed by atoms with E-state index in [0.29, 0.717) is 19.6 Å². The van der Waals surface area contributed by atoms with Gasteiger partial charge in [0.25, 0.3) is 0 Å². The molecule has 0 aliphatic carbocycles. The summed E-state index contributed by atoms with van der Waals surface area (Å²) >= 11 is 0. The van der Waals surface area contributed by atoms with Crippen LogP contribution in [0, 0.1) is 0 Å². The Morgan fingerprint density at radius 1 is 1.03 bits per heavy atom. The average Bonchev–Trinajstić information content (AvgIpc) is 2.98. The molecule has 0 aromatic heterocycles. The third-order valence-corrected chi connectivity index (χ3v) is 6.66. The molecular formula is C25H35N3O4. The van der Waals surface area contributed by atoms with Crippen molar-refractivity contribution < 1.29 is 19.1 Å². The molecule has 0 saturated carbocycles. The van der Waals surface area contributed by atoms with Crippen molar-refractivity contribution in [2.75, 3.05) is 52.9 Å². The van der Waals surface area contributed by atoms with Crippen molar-refractivity contribution in [3.05, 3.63) is 29.3 Å². The monoisotopic (exact) mass is 441 g/mol. The van der Waals surface area contributed by atoms with E-state index in [1.165, 1.54) is 12.8 Å². The average molecular weight is 442 g/mol. The van der Waals surface area contributed by atoms with Gasteiger partial charge in [0.1, 0.15) is 17.6 Å². The van der Waals surface area contributed by atoms with Gasteiger partial charge in [0.05, 0.1) is 13.7 Å². The highest BCUT2D eigenvalue weighted by molar-refractivity contribution is 5.92. The van der Waals surface area contributed by atoms with E-state index in [1.807, 2.05) is 34.9 Å². The number of rotatable bonds is 5. The van der Waals surface area contributed by atoms with Crippen molar-refractivity contribution in [3.63, 3.8) is 0 Å². The Labute approximate surface area is 190 Å². The Hall–Kier alpha value is -2.54. The maximum absolute atomic E-state index is 12.7. The maximum Gasteiger partial charge on any atom is 0.246 e. The number of hydrogen-bond donors (Lipinski definition) is 0. The quantitative estimate of drug-likeness (QED) is 0.658. The molecule has 1 aromatic rings. The van der Waals surface area contributed by atoms with Crippen molar-refractivity contribution in [2.45, 2.75) is 45.1 Å². The highest BCUT2D eigenvalue weighted by atomic mass is 16.5. The number of carbonyl (C=O) groups is 2. The van der Waals surface area contributed by atoms with E-state index in [-0.39, 0.29) is 17.9 Å². The molecular weight excluding hydrogens is 406 g/mol. The van der Waals surface area contributed by atoms with Crippen LogP contribution >= 0.6 is 0 Å². The predicted molar refractivity (Wildman–Crippen MR) is 124 cm³/mol. The van der Waals surface area contributed by atoms with Crippen LogP contribution in [0.15, 0.2) is 18.2 Å². The molecule has 0 spiro atoms. The normalized spacial score (nSPS) is 21.9. The molecule has 0 radical (unpaired) electrons. The van der Waals surface area contributed by atoms with Gasteiger partial charge in [-0.15, -0.1) is 0 Å². The highest BCUT2D eigenvalue weighted by Crippen LogP contribution is 2.35. The minimum Gasteiger partial charge on any atom is -0.496 e. The molecule has 2 amide bonds. The molecule has 3 aliphatic rings. The van der Waals surface area contributed by atoms with Crippen LogP contribution in [0.4, 0.5) is 0 Å². The van der Waals surface area contributed by atoms with Gasteiger partial charge in [-0.05, 0) is 38.0 Å². The van der Waals surface area contributed by atoms with Gasteiger partial charge in [-0.2, -0.15) is 0 Å². The second-order valence-corrected chi connectivity index (χ2v) is 9.06. The van der Waals surface area contributed by atoms with E-state index in [2.05, 4.69) is 4.90 Å². The Morgan fingerprint density at radius 3 is 2.44 bits per heavy atom. The number of carbonyl (C=O) groups excluding carboxylic acids is 2. The van der Waals surface area contributed by atoms with Crippen LogP contribution in [-0.2, 0) is 16.0 Å². The zero-order chi connectivity index (χ0) is 22.5. The predicted octanol–water partition coefficient (Wildman–Crippen LogP) is 2.58. The van der Waals surface area contributed by atoms with Gasteiger partial charge in [0.2, 0.25) is 11.8 Å². The summed E-state index contributed by atoms with van der Waals surface area (Å²) in [5.74, 6) is 1.84. The molecule has 1 atom stereocenters. The fraction of sp³-hybridized carbons (Fsp3) is 0.600. The zero-order valence-electron chi connectivity index (χ0n) is 19.3. The third-order valence-electron chi connectivity index (χ3n) is 6.66. The second kappa shape index (κ2) is 10.4. The third kappa shape index (κ3) is 5.44. The first-order chi connectivity index (χ1) is 15.5. The molecule has 3 aliphatic heterocycles. The summed E-state index contributed by atoms with van der Waals surface area (Å²) < 4.78 is 11.4. The molecule has 2 saturated heterocycles. The van der Waals surface area contributed by atoms with E-state index in [4.69, 9.17) is 9.47 Å². The van der Waals surface area contributed by atoms with Gasteiger partial charge in [0, 0.05) is 62.9 Å². The lowest BCUT2D eigenvalue weighted by atomic mass is 10.1. The van der Waals surface area contributed by atoms with Gasteiger partial charge in [-0.25, -0.2) is 0 Å². The van der Waals surface area contributed by atoms with Crippen LogP contribution in [0.1, 0.15) is 43.7 Å². The Morgan fingerprint density at radius 2 is 1.75 bits per heavy atom. The van der Waals surface area contributed by atoms with Crippen molar-refractivity contribution in [3.8, 4) is 11.5 Å². The van der Waals surface area contributed by atoms with Gasteiger partial charge in [0.15, 0.2) is 0 Å². The van der Waals surface area contributed by atoms with Gasteiger partial charge in [-0.1, -0.05) is 12.8 Å². The van der Waals surface area contributed by atoms with E-state index in [1.54, 1.807) is 13.2 Å². The smallest absolute Gasteiger partial charge is 0.246 e. The number of amides is 2. The summed E-state index contributed by atoms with van der Waals surface area (Å²) in [7, 11) is 1.65. The van der Waals surface area contributed by atoms with Crippen LogP contribution < -0.4 is 9.47 Å². The minimum absolute atomic E-state index is 0.0136. The van der Waals surface area contributed by atoms with Crippen LogP contribution in [-0.4, -0.2) is 85.5 Å². The number of likely N-dealkylation sites (tertiary alicyclic amines) is 1. The van der Waals surface area contributed by atoms with Crippen molar-refractivity contribution in [1.29, 1.82) is 0 Å². The van der Waals surface area contributed by atoms with E-state index >= 15 is 0 Å². The maximum atomic E-state index is 12.7. The van der Waals surface area contributed by atoms with Crippen LogP contribution in [0.3, 0.4) is 0 Å². The molecule has 0 bridgehead atoms. The molecule has 32 heavy (non-hydrogen) atoms. The molecule has 1 unspecified atom stereocenters. The van der Waals surface area contributed by atoms with E-state index in [9.17, 15) is 9.59 Å². The van der Waals surface area contributed by atoms with Gasteiger partial charge in [-0.3, -0.25) is 14.5 Å². The van der Waals surface area contributed by atoms with Crippen LogP contribution in [0.25, 0.3) is 6.08 Å². The fourth-order valence-electron chi connectivity index (χ4n) is 4.77. The van der Waals surface area contributed by atoms with Crippen molar-refractivity contribution in [2.24, 2.45) is 0 Å².